The van der Waals surface area contributed by atoms with Gasteiger partial charge in [-0.1, -0.05) is 20.8 Å². The highest BCUT2D eigenvalue weighted by Gasteiger charge is 2.63. The zero-order valence-corrected chi connectivity index (χ0v) is 20.1. The van der Waals surface area contributed by atoms with E-state index in [1.807, 2.05) is 13.8 Å². The predicted molar refractivity (Wildman–Crippen MR) is 119 cm³/mol. The predicted octanol–water partition coefficient (Wildman–Crippen LogP) is 6.61. The van der Waals surface area contributed by atoms with E-state index in [4.69, 9.17) is 9.47 Å². The van der Waals surface area contributed by atoms with Crippen LogP contribution in [0.1, 0.15) is 92.4 Å². The molecule has 9 atom stereocenters. The minimum absolute atomic E-state index is 0.0223. The molecule has 0 aromatic carbocycles. The lowest BCUT2D eigenvalue weighted by Crippen LogP contribution is -2.55. The van der Waals surface area contributed by atoms with Crippen molar-refractivity contribution in [3.63, 3.8) is 0 Å². The van der Waals surface area contributed by atoms with Gasteiger partial charge in [0.1, 0.15) is 12.1 Å². The van der Waals surface area contributed by atoms with E-state index in [1.165, 1.54) is 18.4 Å². The highest BCUT2D eigenvalue weighted by molar-refractivity contribution is 5.49. The number of allylic oxidation sites excluding steroid dienone is 2. The van der Waals surface area contributed by atoms with Crippen molar-refractivity contribution in [2.24, 2.45) is 40.4 Å². The van der Waals surface area contributed by atoms with Crippen molar-refractivity contribution < 1.29 is 18.7 Å². The summed E-state index contributed by atoms with van der Waals surface area (Å²) in [6.07, 6.45) is 10.1. The second-order valence-corrected chi connectivity index (χ2v) is 12.4. The Morgan fingerprint density at radius 2 is 1.74 bits per heavy atom. The van der Waals surface area contributed by atoms with E-state index >= 15 is 4.39 Å². The van der Waals surface area contributed by atoms with Crippen molar-refractivity contribution >= 4 is 6.29 Å². The molecule has 0 spiro atoms. The Bertz CT molecular complexity index is 774. The molecule has 0 radical (unpaired) electrons. The molecule has 3 nitrogen and oxygen atoms in total. The first-order valence-electron chi connectivity index (χ1n) is 12.8. The summed E-state index contributed by atoms with van der Waals surface area (Å²) in [5, 5.41) is 0. The number of aldehydes is 1. The van der Waals surface area contributed by atoms with E-state index in [1.54, 1.807) is 0 Å². The zero-order chi connectivity index (χ0) is 22.2. The summed E-state index contributed by atoms with van der Waals surface area (Å²) in [4.78, 5) is 10.9. The molecule has 5 rings (SSSR count). The van der Waals surface area contributed by atoms with Gasteiger partial charge in [-0.05, 0) is 105 Å². The van der Waals surface area contributed by atoms with Crippen LogP contribution < -0.4 is 0 Å². The molecule has 0 bridgehead atoms. The van der Waals surface area contributed by atoms with Gasteiger partial charge >= 0.3 is 0 Å². The third-order valence-electron chi connectivity index (χ3n) is 10.5. The number of carbonyl (C=O) groups is 1. The van der Waals surface area contributed by atoms with E-state index in [0.29, 0.717) is 36.5 Å². The van der Waals surface area contributed by atoms with Crippen LogP contribution in [0.15, 0.2) is 11.4 Å². The lowest BCUT2D eigenvalue weighted by atomic mass is 9.47. The van der Waals surface area contributed by atoms with Gasteiger partial charge in [-0.2, -0.15) is 0 Å². The van der Waals surface area contributed by atoms with Gasteiger partial charge in [-0.15, -0.1) is 0 Å². The largest absolute Gasteiger partial charge is 0.345 e. The summed E-state index contributed by atoms with van der Waals surface area (Å²) >= 11 is 0. The molecule has 0 amide bonds. The Morgan fingerprint density at radius 1 is 1.03 bits per heavy atom. The third-order valence-corrected chi connectivity index (χ3v) is 10.5. The Labute approximate surface area is 187 Å². The topological polar surface area (TPSA) is 35.5 Å². The van der Waals surface area contributed by atoms with E-state index in [9.17, 15) is 4.79 Å². The number of ether oxygens (including phenoxy) is 2. The van der Waals surface area contributed by atoms with Crippen LogP contribution in [0, 0.1) is 40.4 Å². The van der Waals surface area contributed by atoms with Crippen molar-refractivity contribution in [2.75, 3.05) is 0 Å². The molecule has 1 heterocycles. The molecule has 4 fully saturated rings. The average Bonchev–Trinajstić information content (AvgIpc) is 3.22. The maximum atomic E-state index is 16.0. The Kier molecular flexibility index (Phi) is 5.26. The normalized spacial score (nSPS) is 49.1. The van der Waals surface area contributed by atoms with Crippen molar-refractivity contribution in [3.05, 3.63) is 11.4 Å². The van der Waals surface area contributed by atoms with Crippen LogP contribution in [0.5, 0.6) is 0 Å². The molecule has 174 valence electrons. The summed E-state index contributed by atoms with van der Waals surface area (Å²) < 4.78 is 28.5. The molecule has 0 N–H and O–H groups in total. The number of halogens is 1. The first-order valence-corrected chi connectivity index (χ1v) is 12.8. The number of rotatable bonds is 4. The SMILES string of the molecule is C[C@H](CCC=O)[C@H]1CC[C@H]2C3=C(F)C[C@H]4[C@H]5OC(C)(C)O[C@H]5CC[C@]4(C)[C@H]3CC[C@]12C. The maximum absolute atomic E-state index is 16.0. The Hall–Kier alpha value is -0.740. The van der Waals surface area contributed by atoms with Crippen molar-refractivity contribution in [3.8, 4) is 0 Å². The fourth-order valence-corrected chi connectivity index (χ4v) is 9.05. The van der Waals surface area contributed by atoms with Crippen LogP contribution >= 0.6 is 0 Å². The summed E-state index contributed by atoms with van der Waals surface area (Å²) in [5.41, 5.74) is 1.48. The van der Waals surface area contributed by atoms with Gasteiger partial charge < -0.3 is 14.3 Å². The quantitative estimate of drug-likeness (QED) is 0.469. The maximum Gasteiger partial charge on any atom is 0.163 e. The number of hydrogen-bond donors (Lipinski definition) is 0. The van der Waals surface area contributed by atoms with Crippen LogP contribution in [-0.2, 0) is 14.3 Å². The van der Waals surface area contributed by atoms with Crippen molar-refractivity contribution in [1.82, 2.24) is 0 Å². The molecule has 1 saturated heterocycles. The minimum atomic E-state index is -0.553. The van der Waals surface area contributed by atoms with Gasteiger partial charge in [0.25, 0.3) is 0 Å². The Balaban J connectivity index is 1.45. The highest BCUT2D eigenvalue weighted by Crippen LogP contribution is 2.69. The van der Waals surface area contributed by atoms with Crippen molar-refractivity contribution in [1.29, 1.82) is 0 Å². The first-order chi connectivity index (χ1) is 14.6. The lowest BCUT2D eigenvalue weighted by Gasteiger charge is -2.58. The highest BCUT2D eigenvalue weighted by atomic mass is 19.1. The average molecular weight is 433 g/mol. The Morgan fingerprint density at radius 3 is 2.48 bits per heavy atom. The van der Waals surface area contributed by atoms with E-state index in [2.05, 4.69) is 20.8 Å². The van der Waals surface area contributed by atoms with Crippen LogP contribution in [0.4, 0.5) is 4.39 Å². The molecule has 0 aromatic rings. The molecule has 0 unspecified atom stereocenters. The molecule has 3 saturated carbocycles. The van der Waals surface area contributed by atoms with Crippen molar-refractivity contribution in [2.45, 2.75) is 110 Å². The number of carbonyl (C=O) groups excluding carboxylic acids is 1. The van der Waals surface area contributed by atoms with Gasteiger partial charge in [0, 0.05) is 12.8 Å². The van der Waals surface area contributed by atoms with Gasteiger partial charge in [-0.25, -0.2) is 4.39 Å². The zero-order valence-electron chi connectivity index (χ0n) is 20.1. The van der Waals surface area contributed by atoms with E-state index in [0.717, 1.165) is 38.4 Å². The van der Waals surface area contributed by atoms with Gasteiger partial charge in [-0.3, -0.25) is 0 Å². The molecule has 4 heteroatoms. The first kappa shape index (κ1) is 22.1. The smallest absolute Gasteiger partial charge is 0.163 e. The third kappa shape index (κ3) is 3.21. The second-order valence-electron chi connectivity index (χ2n) is 12.4. The summed E-state index contributed by atoms with van der Waals surface area (Å²) in [6, 6.07) is 0. The fourth-order valence-electron chi connectivity index (χ4n) is 9.05. The number of fused-ring (bicyclic) bond motifs is 7. The molecule has 4 aliphatic carbocycles. The van der Waals surface area contributed by atoms with Crippen LogP contribution in [0.3, 0.4) is 0 Å². The molecule has 31 heavy (non-hydrogen) atoms. The fraction of sp³-hybridized carbons (Fsp3) is 0.889. The van der Waals surface area contributed by atoms with Crippen LogP contribution in [0.2, 0.25) is 0 Å². The summed E-state index contributed by atoms with van der Waals surface area (Å²) in [7, 11) is 0. The van der Waals surface area contributed by atoms with Crippen LogP contribution in [0.25, 0.3) is 0 Å². The molecule has 1 aliphatic heterocycles. The van der Waals surface area contributed by atoms with Crippen LogP contribution in [-0.4, -0.2) is 24.3 Å². The monoisotopic (exact) mass is 432 g/mol. The summed E-state index contributed by atoms with van der Waals surface area (Å²) in [6.45, 7) is 11.2. The van der Waals surface area contributed by atoms with Gasteiger partial charge in [0.2, 0.25) is 0 Å². The van der Waals surface area contributed by atoms with E-state index in [-0.39, 0.29) is 34.8 Å². The summed E-state index contributed by atoms with van der Waals surface area (Å²) in [5.74, 6) is 1.71. The van der Waals surface area contributed by atoms with Gasteiger partial charge in [0.05, 0.1) is 12.2 Å². The van der Waals surface area contributed by atoms with Gasteiger partial charge in [0.15, 0.2) is 5.79 Å². The number of hydrogen-bond acceptors (Lipinski definition) is 3. The van der Waals surface area contributed by atoms with E-state index < -0.39 is 5.79 Å². The second kappa shape index (κ2) is 7.38. The molecule has 0 aromatic heterocycles. The minimum Gasteiger partial charge on any atom is -0.345 e. The molecule has 5 aliphatic rings. The lowest BCUT2D eigenvalue weighted by molar-refractivity contribution is -0.154. The standard InChI is InChI=1S/C27H41FO3/c1-16(7-6-14-29)17-8-9-18-23-19(10-12-26(17,18)4)27(5)13-11-22-24(20(27)15-21(23)28)31-25(2,3)30-22/h14,16-20,22,24H,6-13,15H2,1-5H3/t16-,17-,18+,19+,20+,22+,24-,26-,27-/m1/s1. The molecular weight excluding hydrogens is 391 g/mol. The molecular formula is C27H41FO3.